The summed E-state index contributed by atoms with van der Waals surface area (Å²) in [6, 6.07) is 6.72. The van der Waals surface area contributed by atoms with Crippen LogP contribution in [-0.4, -0.2) is 0 Å². The van der Waals surface area contributed by atoms with Crippen molar-refractivity contribution in [2.45, 2.75) is 34.1 Å². The summed E-state index contributed by atoms with van der Waals surface area (Å²) in [6.07, 6.45) is 7.04. The van der Waals surface area contributed by atoms with E-state index < -0.39 is 0 Å². The lowest BCUT2D eigenvalue weighted by atomic mass is 9.94. The summed E-state index contributed by atoms with van der Waals surface area (Å²) in [5.41, 5.74) is 6.68. The van der Waals surface area contributed by atoms with E-state index in [2.05, 4.69) is 58.5 Å². The van der Waals surface area contributed by atoms with E-state index in [1.807, 2.05) is 12.2 Å². The molecule has 1 aromatic rings. The smallest absolute Gasteiger partial charge is 0.0155 e. The second kappa shape index (κ2) is 6.24. The van der Waals surface area contributed by atoms with Gasteiger partial charge in [-0.15, -0.1) is 0 Å². The molecule has 0 nitrogen and oxygen atoms in total. The SMILES string of the molecule is C=C/C=C\C(=C(C)C)c1ccc(CC)cc1C. The van der Waals surface area contributed by atoms with Crippen molar-refractivity contribution in [2.24, 2.45) is 0 Å². The maximum atomic E-state index is 3.73. The minimum Gasteiger partial charge on any atom is -0.0991 e. The van der Waals surface area contributed by atoms with Crippen LogP contribution in [-0.2, 0) is 6.42 Å². The van der Waals surface area contributed by atoms with Crippen LogP contribution in [0.3, 0.4) is 0 Å². The normalized spacial score (nSPS) is 10.6. The molecule has 0 amide bonds. The van der Waals surface area contributed by atoms with Crippen LogP contribution in [0, 0.1) is 6.92 Å². The molecule has 17 heavy (non-hydrogen) atoms. The highest BCUT2D eigenvalue weighted by Crippen LogP contribution is 2.24. The molecule has 0 fully saturated rings. The maximum absolute atomic E-state index is 3.73. The molecule has 1 aromatic carbocycles. The Labute approximate surface area is 105 Å². The molecule has 0 radical (unpaired) electrons. The highest BCUT2D eigenvalue weighted by Gasteiger charge is 2.04. The summed E-state index contributed by atoms with van der Waals surface area (Å²) in [5, 5.41) is 0. The average Bonchev–Trinajstić information content (AvgIpc) is 2.30. The van der Waals surface area contributed by atoms with Gasteiger partial charge in [0.1, 0.15) is 0 Å². The molecule has 90 valence electrons. The van der Waals surface area contributed by atoms with Gasteiger partial charge in [-0.25, -0.2) is 0 Å². The van der Waals surface area contributed by atoms with Gasteiger partial charge in [0, 0.05) is 0 Å². The second-order valence-corrected chi connectivity index (χ2v) is 4.51. The van der Waals surface area contributed by atoms with Crippen LogP contribution in [0.4, 0.5) is 0 Å². The number of aryl methyl sites for hydroxylation is 2. The number of allylic oxidation sites excluding steroid dienone is 5. The van der Waals surface area contributed by atoms with Crippen molar-refractivity contribution < 1.29 is 0 Å². The van der Waals surface area contributed by atoms with Gasteiger partial charge in [-0.3, -0.25) is 0 Å². The molecule has 0 saturated carbocycles. The van der Waals surface area contributed by atoms with E-state index in [9.17, 15) is 0 Å². The molecular weight excluding hydrogens is 204 g/mol. The molecule has 0 bridgehead atoms. The molecule has 0 saturated heterocycles. The highest BCUT2D eigenvalue weighted by molar-refractivity contribution is 5.78. The molecule has 0 heteroatoms. The fourth-order valence-electron chi connectivity index (χ4n) is 1.94. The number of benzene rings is 1. The van der Waals surface area contributed by atoms with Crippen molar-refractivity contribution >= 4 is 5.57 Å². The van der Waals surface area contributed by atoms with E-state index in [1.165, 1.54) is 27.8 Å². The first-order valence-corrected chi connectivity index (χ1v) is 6.16. The zero-order valence-corrected chi connectivity index (χ0v) is 11.4. The third-order valence-electron chi connectivity index (χ3n) is 2.93. The van der Waals surface area contributed by atoms with E-state index in [1.54, 1.807) is 0 Å². The molecule has 0 heterocycles. The van der Waals surface area contributed by atoms with Gasteiger partial charge in [-0.1, -0.05) is 55.5 Å². The minimum atomic E-state index is 1.09. The highest BCUT2D eigenvalue weighted by atomic mass is 14.1. The van der Waals surface area contributed by atoms with Gasteiger partial charge < -0.3 is 0 Å². The zero-order chi connectivity index (χ0) is 12.8. The fraction of sp³-hybridized carbons (Fsp3) is 0.294. The molecule has 0 aromatic heterocycles. The molecule has 0 atom stereocenters. The topological polar surface area (TPSA) is 0 Å². The van der Waals surface area contributed by atoms with Crippen LogP contribution in [0.15, 0.2) is 48.6 Å². The predicted octanol–water partition coefficient (Wildman–Crippen LogP) is 5.09. The lowest BCUT2D eigenvalue weighted by Crippen LogP contribution is -1.91. The number of rotatable bonds is 4. The zero-order valence-electron chi connectivity index (χ0n) is 11.4. The van der Waals surface area contributed by atoms with E-state index >= 15 is 0 Å². The molecule has 0 N–H and O–H groups in total. The summed E-state index contributed by atoms with van der Waals surface area (Å²) in [4.78, 5) is 0. The quantitative estimate of drug-likeness (QED) is 0.627. The van der Waals surface area contributed by atoms with Crippen LogP contribution >= 0.6 is 0 Å². The number of hydrogen-bond acceptors (Lipinski definition) is 0. The van der Waals surface area contributed by atoms with E-state index in [-0.39, 0.29) is 0 Å². The van der Waals surface area contributed by atoms with Gasteiger partial charge in [0.2, 0.25) is 0 Å². The largest absolute Gasteiger partial charge is 0.0991 e. The van der Waals surface area contributed by atoms with Crippen LogP contribution in [0.5, 0.6) is 0 Å². The van der Waals surface area contributed by atoms with Crippen molar-refractivity contribution in [3.63, 3.8) is 0 Å². The van der Waals surface area contributed by atoms with Crippen LogP contribution in [0.25, 0.3) is 5.57 Å². The molecule has 0 aliphatic heterocycles. The van der Waals surface area contributed by atoms with Crippen LogP contribution in [0.2, 0.25) is 0 Å². The summed E-state index contributed by atoms with van der Waals surface area (Å²) in [6.45, 7) is 12.4. The summed E-state index contributed by atoms with van der Waals surface area (Å²) >= 11 is 0. The van der Waals surface area contributed by atoms with Crippen molar-refractivity contribution in [3.05, 3.63) is 65.3 Å². The Bertz CT molecular complexity index is 455. The third-order valence-corrected chi connectivity index (χ3v) is 2.93. The third kappa shape index (κ3) is 3.45. The molecule has 0 aliphatic carbocycles. The minimum absolute atomic E-state index is 1.09. The van der Waals surface area contributed by atoms with Gasteiger partial charge in [-0.2, -0.15) is 0 Å². The first-order chi connectivity index (χ1) is 8.10. The Kier molecular flexibility index (Phi) is 4.96. The van der Waals surface area contributed by atoms with Crippen molar-refractivity contribution in [1.82, 2.24) is 0 Å². The molecule has 0 unspecified atom stereocenters. The molecule has 0 spiro atoms. The first-order valence-electron chi connectivity index (χ1n) is 6.16. The van der Waals surface area contributed by atoms with Gasteiger partial charge in [-0.05, 0) is 49.5 Å². The van der Waals surface area contributed by atoms with Crippen molar-refractivity contribution in [2.75, 3.05) is 0 Å². The Balaban J connectivity index is 3.26. The lowest BCUT2D eigenvalue weighted by Gasteiger charge is -2.11. The average molecular weight is 226 g/mol. The fourth-order valence-corrected chi connectivity index (χ4v) is 1.94. The van der Waals surface area contributed by atoms with Gasteiger partial charge in [0.25, 0.3) is 0 Å². The first kappa shape index (κ1) is 13.5. The summed E-state index contributed by atoms with van der Waals surface area (Å²) in [5.74, 6) is 0. The summed E-state index contributed by atoms with van der Waals surface area (Å²) < 4.78 is 0. The monoisotopic (exact) mass is 226 g/mol. The Hall–Kier alpha value is -1.56. The Morgan fingerprint density at radius 3 is 2.47 bits per heavy atom. The Morgan fingerprint density at radius 1 is 1.29 bits per heavy atom. The standard InChI is InChI=1S/C17H22/c1-6-8-9-16(13(3)4)17-11-10-15(7-2)12-14(17)5/h6,8-12H,1,7H2,2-5H3/b9-8-. The second-order valence-electron chi connectivity index (χ2n) is 4.51. The van der Waals surface area contributed by atoms with Gasteiger partial charge >= 0.3 is 0 Å². The van der Waals surface area contributed by atoms with Crippen molar-refractivity contribution in [1.29, 1.82) is 0 Å². The number of hydrogen-bond donors (Lipinski definition) is 0. The molecular formula is C17H22. The van der Waals surface area contributed by atoms with Gasteiger partial charge in [0.05, 0.1) is 0 Å². The van der Waals surface area contributed by atoms with E-state index in [4.69, 9.17) is 0 Å². The molecule has 0 aliphatic rings. The molecule has 1 rings (SSSR count). The van der Waals surface area contributed by atoms with E-state index in [0.29, 0.717) is 0 Å². The predicted molar refractivity (Wildman–Crippen MR) is 78.2 cm³/mol. The lowest BCUT2D eigenvalue weighted by molar-refractivity contribution is 1.13. The Morgan fingerprint density at radius 2 is 2.00 bits per heavy atom. The van der Waals surface area contributed by atoms with Crippen LogP contribution < -0.4 is 0 Å². The maximum Gasteiger partial charge on any atom is -0.0155 e. The summed E-state index contributed by atoms with van der Waals surface area (Å²) in [7, 11) is 0. The van der Waals surface area contributed by atoms with Crippen LogP contribution in [0.1, 0.15) is 37.5 Å². The van der Waals surface area contributed by atoms with Crippen molar-refractivity contribution in [3.8, 4) is 0 Å². The van der Waals surface area contributed by atoms with E-state index in [0.717, 1.165) is 6.42 Å². The van der Waals surface area contributed by atoms with Gasteiger partial charge in [0.15, 0.2) is 0 Å².